The number of para-hydroxylation sites is 1. The van der Waals surface area contributed by atoms with Crippen molar-refractivity contribution in [3.63, 3.8) is 0 Å². The molecule has 0 radical (unpaired) electrons. The van der Waals surface area contributed by atoms with Crippen molar-refractivity contribution in [3.8, 4) is 5.69 Å². The lowest BCUT2D eigenvalue weighted by molar-refractivity contribution is 0.00200. The molecule has 8 heteroatoms. The fourth-order valence-corrected chi connectivity index (χ4v) is 6.67. The summed E-state index contributed by atoms with van der Waals surface area (Å²) in [6, 6.07) is 13.5. The molecular weight excluding hydrogens is 507 g/mol. The smallest absolute Gasteiger partial charge is 0.267 e. The van der Waals surface area contributed by atoms with Gasteiger partial charge < -0.3 is 4.74 Å². The lowest BCUT2D eigenvalue weighted by atomic mass is 9.96. The number of halogens is 2. The van der Waals surface area contributed by atoms with Crippen LogP contribution in [0.15, 0.2) is 52.4 Å². The molecule has 0 saturated carbocycles. The van der Waals surface area contributed by atoms with Gasteiger partial charge in [-0.2, -0.15) is 0 Å². The molecule has 0 aliphatic carbocycles. The third-order valence-electron chi connectivity index (χ3n) is 6.16. The Balaban J connectivity index is 1.65. The quantitative estimate of drug-likeness (QED) is 0.198. The Bertz CT molecular complexity index is 1450. The molecular formula is C26H24Cl2N2O2S2. The predicted octanol–water partition coefficient (Wildman–Crippen LogP) is 7.45. The Morgan fingerprint density at radius 1 is 1.21 bits per heavy atom. The molecule has 0 spiro atoms. The van der Waals surface area contributed by atoms with E-state index < -0.39 is 0 Å². The predicted molar refractivity (Wildman–Crippen MR) is 143 cm³/mol. The van der Waals surface area contributed by atoms with Crippen molar-refractivity contribution in [1.82, 2.24) is 9.55 Å². The minimum Gasteiger partial charge on any atom is -0.372 e. The SMILES string of the molecule is Cc1ccccc1-n1c(SCc2ccc(Cl)c(Cl)c2)nc2sc3c(c2c1=O)CC(C(C)C)OC3. The van der Waals surface area contributed by atoms with Crippen molar-refractivity contribution in [2.75, 3.05) is 0 Å². The highest BCUT2D eigenvalue weighted by Gasteiger charge is 2.29. The van der Waals surface area contributed by atoms with Crippen molar-refractivity contribution >= 4 is 56.5 Å². The van der Waals surface area contributed by atoms with Crippen LogP contribution in [0.4, 0.5) is 0 Å². The molecule has 1 unspecified atom stereocenters. The van der Waals surface area contributed by atoms with Crippen LogP contribution in [0, 0.1) is 12.8 Å². The summed E-state index contributed by atoms with van der Waals surface area (Å²) < 4.78 is 7.84. The fraction of sp³-hybridized carbons (Fsp3) is 0.308. The van der Waals surface area contributed by atoms with Gasteiger partial charge >= 0.3 is 0 Å². The number of rotatable bonds is 5. The maximum absolute atomic E-state index is 14.1. The van der Waals surface area contributed by atoms with Crippen LogP contribution in [0.3, 0.4) is 0 Å². The van der Waals surface area contributed by atoms with Gasteiger partial charge in [-0.05, 0) is 47.7 Å². The van der Waals surface area contributed by atoms with Crippen LogP contribution in [-0.2, 0) is 23.5 Å². The van der Waals surface area contributed by atoms with E-state index in [0.717, 1.165) is 43.9 Å². The molecule has 1 atom stereocenters. The average Bonchev–Trinajstić information content (AvgIpc) is 3.18. The molecule has 176 valence electrons. The number of thiophene rings is 1. The highest BCUT2D eigenvalue weighted by Crippen LogP contribution is 2.37. The maximum atomic E-state index is 14.1. The van der Waals surface area contributed by atoms with Crippen LogP contribution in [0.2, 0.25) is 10.0 Å². The van der Waals surface area contributed by atoms with Gasteiger partial charge in [-0.15, -0.1) is 11.3 Å². The Kier molecular flexibility index (Phi) is 6.79. The number of aryl methyl sites for hydroxylation is 1. The molecule has 2 aromatic carbocycles. The first-order chi connectivity index (χ1) is 16.3. The minimum atomic E-state index is -0.0159. The Hall–Kier alpha value is -1.83. The zero-order chi connectivity index (χ0) is 24.0. The molecule has 0 bridgehead atoms. The van der Waals surface area contributed by atoms with E-state index >= 15 is 0 Å². The second kappa shape index (κ2) is 9.67. The van der Waals surface area contributed by atoms with Gasteiger partial charge in [-0.1, -0.05) is 73.1 Å². The summed E-state index contributed by atoms with van der Waals surface area (Å²) in [5.74, 6) is 1.00. The monoisotopic (exact) mass is 530 g/mol. The number of hydrogen-bond acceptors (Lipinski definition) is 5. The minimum absolute atomic E-state index is 0.0159. The Labute approximate surface area is 216 Å². The van der Waals surface area contributed by atoms with E-state index in [1.807, 2.05) is 43.3 Å². The summed E-state index contributed by atoms with van der Waals surface area (Å²) in [6.45, 7) is 6.87. The summed E-state index contributed by atoms with van der Waals surface area (Å²) in [5.41, 5.74) is 3.98. The van der Waals surface area contributed by atoms with Crippen LogP contribution in [0.1, 0.15) is 35.4 Å². The Morgan fingerprint density at radius 2 is 2.00 bits per heavy atom. The zero-order valence-corrected chi connectivity index (χ0v) is 22.2. The third kappa shape index (κ3) is 4.42. The van der Waals surface area contributed by atoms with Gasteiger partial charge in [0.05, 0.1) is 33.8 Å². The van der Waals surface area contributed by atoms with Gasteiger partial charge in [0.2, 0.25) is 0 Å². The number of nitrogens with zero attached hydrogens (tertiary/aromatic N) is 2. The van der Waals surface area contributed by atoms with E-state index in [1.165, 1.54) is 11.8 Å². The number of aromatic nitrogens is 2. The van der Waals surface area contributed by atoms with E-state index in [9.17, 15) is 4.79 Å². The van der Waals surface area contributed by atoms with Crippen LogP contribution >= 0.6 is 46.3 Å². The molecule has 0 amide bonds. The first kappa shape index (κ1) is 23.9. The maximum Gasteiger partial charge on any atom is 0.267 e. The van der Waals surface area contributed by atoms with Gasteiger partial charge in [0.25, 0.3) is 5.56 Å². The number of ether oxygens (including phenoxy) is 1. The molecule has 4 nitrogen and oxygen atoms in total. The standard InChI is InChI=1S/C26H24Cl2N2O2S2/c1-14(2)21-11-17-22(12-32-21)34-24-23(17)25(31)30(20-7-5-4-6-15(20)3)26(29-24)33-13-16-8-9-18(27)19(28)10-16/h4-10,14,21H,11-13H2,1-3H3. The van der Waals surface area contributed by atoms with E-state index in [-0.39, 0.29) is 11.7 Å². The van der Waals surface area contributed by atoms with Crippen molar-refractivity contribution in [2.45, 2.75) is 50.8 Å². The molecule has 3 heterocycles. The van der Waals surface area contributed by atoms with E-state index in [0.29, 0.717) is 33.5 Å². The molecule has 0 fully saturated rings. The molecule has 1 aliphatic rings. The highest BCUT2D eigenvalue weighted by molar-refractivity contribution is 7.98. The van der Waals surface area contributed by atoms with Crippen LogP contribution in [0.5, 0.6) is 0 Å². The van der Waals surface area contributed by atoms with Gasteiger partial charge in [-0.3, -0.25) is 9.36 Å². The molecule has 0 saturated heterocycles. The molecule has 1 aliphatic heterocycles. The highest BCUT2D eigenvalue weighted by atomic mass is 35.5. The first-order valence-electron chi connectivity index (χ1n) is 11.1. The van der Waals surface area contributed by atoms with Gasteiger partial charge in [0, 0.05) is 17.1 Å². The van der Waals surface area contributed by atoms with Crippen LogP contribution in [0.25, 0.3) is 15.9 Å². The molecule has 5 rings (SSSR count). The summed E-state index contributed by atoms with van der Waals surface area (Å²) in [4.78, 5) is 21.0. The number of hydrogen-bond donors (Lipinski definition) is 0. The van der Waals surface area contributed by atoms with Crippen LogP contribution < -0.4 is 5.56 Å². The average molecular weight is 532 g/mol. The lowest BCUT2D eigenvalue weighted by Crippen LogP contribution is -2.28. The summed E-state index contributed by atoms with van der Waals surface area (Å²) >= 11 is 15.4. The third-order valence-corrected chi connectivity index (χ3v) is 9.01. The summed E-state index contributed by atoms with van der Waals surface area (Å²) in [5, 5.41) is 2.44. The summed E-state index contributed by atoms with van der Waals surface area (Å²) in [7, 11) is 0. The van der Waals surface area contributed by atoms with Crippen molar-refractivity contribution in [2.24, 2.45) is 5.92 Å². The Morgan fingerprint density at radius 3 is 2.74 bits per heavy atom. The molecule has 34 heavy (non-hydrogen) atoms. The lowest BCUT2D eigenvalue weighted by Gasteiger charge is -2.26. The second-order valence-electron chi connectivity index (χ2n) is 8.84. The first-order valence-corrected chi connectivity index (χ1v) is 13.7. The van der Waals surface area contributed by atoms with Crippen molar-refractivity contribution in [3.05, 3.63) is 84.4 Å². The molecule has 2 aromatic heterocycles. The van der Waals surface area contributed by atoms with E-state index in [2.05, 4.69) is 13.8 Å². The molecule has 0 N–H and O–H groups in total. The number of thioether (sulfide) groups is 1. The van der Waals surface area contributed by atoms with E-state index in [1.54, 1.807) is 22.0 Å². The van der Waals surface area contributed by atoms with Gasteiger partial charge in [-0.25, -0.2) is 4.98 Å². The fourth-order valence-electron chi connectivity index (χ4n) is 4.24. The normalized spacial score (nSPS) is 15.8. The second-order valence-corrected chi connectivity index (χ2v) is 11.7. The van der Waals surface area contributed by atoms with Gasteiger partial charge in [0.1, 0.15) is 4.83 Å². The summed E-state index contributed by atoms with van der Waals surface area (Å²) in [6.07, 6.45) is 0.855. The number of fused-ring (bicyclic) bond motifs is 3. The molecule has 4 aromatic rings. The van der Waals surface area contributed by atoms with Crippen molar-refractivity contribution < 1.29 is 4.74 Å². The van der Waals surface area contributed by atoms with Crippen molar-refractivity contribution in [1.29, 1.82) is 0 Å². The number of benzene rings is 2. The van der Waals surface area contributed by atoms with Gasteiger partial charge in [0.15, 0.2) is 5.16 Å². The zero-order valence-electron chi connectivity index (χ0n) is 19.1. The van der Waals surface area contributed by atoms with E-state index in [4.69, 9.17) is 32.9 Å². The van der Waals surface area contributed by atoms with Crippen LogP contribution in [-0.4, -0.2) is 15.7 Å². The topological polar surface area (TPSA) is 44.1 Å². The largest absolute Gasteiger partial charge is 0.372 e.